The Hall–Kier alpha value is -0.123. The predicted molar refractivity (Wildman–Crippen MR) is 61.3 cm³/mol. The van der Waals surface area contributed by atoms with Crippen LogP contribution in [0.1, 0.15) is 27.7 Å². The first-order valence-electron chi connectivity index (χ1n) is 4.98. The van der Waals surface area contributed by atoms with Gasteiger partial charge in [0, 0.05) is 11.8 Å². The molecule has 0 heterocycles. The van der Waals surface area contributed by atoms with Crippen LogP contribution in [0.25, 0.3) is 0 Å². The largest absolute Gasteiger partial charge is 0.419 e. The van der Waals surface area contributed by atoms with E-state index in [1.807, 2.05) is 0 Å². The lowest BCUT2D eigenvalue weighted by atomic mass is 9.97. The molecule has 0 fully saturated rings. The minimum atomic E-state index is -0.638. The molecule has 0 aliphatic heterocycles. The van der Waals surface area contributed by atoms with Crippen molar-refractivity contribution in [2.45, 2.75) is 39.5 Å². The number of rotatable bonds is 6. The highest BCUT2D eigenvalue weighted by molar-refractivity contribution is 6.30. The van der Waals surface area contributed by atoms with Crippen LogP contribution in [-0.4, -0.2) is 21.5 Å². The second-order valence-electron chi connectivity index (χ2n) is 4.19. The molecule has 0 aromatic carbocycles. The van der Waals surface area contributed by atoms with Crippen LogP contribution in [0.15, 0.2) is 12.7 Å². The second kappa shape index (κ2) is 6.35. The van der Waals surface area contributed by atoms with E-state index in [1.165, 1.54) is 0 Å². The third-order valence-corrected chi connectivity index (χ3v) is 3.39. The van der Waals surface area contributed by atoms with E-state index in [2.05, 4.69) is 34.3 Å². The van der Waals surface area contributed by atoms with E-state index in [1.54, 1.807) is 6.08 Å². The summed E-state index contributed by atoms with van der Waals surface area (Å²) >= 11 is 0. The third kappa shape index (κ3) is 5.24. The van der Waals surface area contributed by atoms with Gasteiger partial charge in [-0.15, -0.1) is 6.58 Å². The van der Waals surface area contributed by atoms with Crippen LogP contribution in [0.2, 0.25) is 0 Å². The van der Waals surface area contributed by atoms with Crippen LogP contribution in [0.5, 0.6) is 0 Å². The Labute approximate surface area is 84.5 Å². The summed E-state index contributed by atoms with van der Waals surface area (Å²) in [6.07, 6.45) is 2.14. The topological polar surface area (TPSA) is 35.2 Å². The fourth-order valence-electron chi connectivity index (χ4n) is 1.44. The molecular weight excluding hydrogens is 178 g/mol. The van der Waals surface area contributed by atoms with E-state index >= 15 is 0 Å². The maximum absolute atomic E-state index is 5.86. The Morgan fingerprint density at radius 3 is 2.00 bits per heavy atom. The highest BCUT2D eigenvalue weighted by Gasteiger charge is 2.18. The first-order chi connectivity index (χ1) is 5.99. The molecule has 2 N–H and O–H groups in total. The van der Waals surface area contributed by atoms with Crippen molar-refractivity contribution in [2.24, 2.45) is 17.6 Å². The predicted octanol–water partition coefficient (Wildman–Crippen LogP) is 1.24. The standard InChI is InChI=1S/C10H23NOSi/c1-6-9(11)13-12-10(7(2)3)8(4)5/h6-10H,1,11,13H2,2-5H3. The maximum atomic E-state index is 5.86. The quantitative estimate of drug-likeness (QED) is 0.518. The van der Waals surface area contributed by atoms with Crippen LogP contribution in [0, 0.1) is 11.8 Å². The highest BCUT2D eigenvalue weighted by Crippen LogP contribution is 2.15. The first kappa shape index (κ1) is 12.9. The van der Waals surface area contributed by atoms with Gasteiger partial charge in [0.05, 0.1) is 0 Å². The molecule has 2 nitrogen and oxygen atoms in total. The Kier molecular flexibility index (Phi) is 6.29. The number of nitrogens with two attached hydrogens (primary N) is 1. The summed E-state index contributed by atoms with van der Waals surface area (Å²) in [5.74, 6) is 1.15. The minimum absolute atomic E-state index is 0.0972. The van der Waals surface area contributed by atoms with E-state index in [9.17, 15) is 0 Å². The van der Waals surface area contributed by atoms with Crippen molar-refractivity contribution in [1.82, 2.24) is 0 Å². The van der Waals surface area contributed by atoms with Gasteiger partial charge in [-0.2, -0.15) is 0 Å². The number of hydrogen-bond donors (Lipinski definition) is 1. The lowest BCUT2D eigenvalue weighted by molar-refractivity contribution is 0.109. The van der Waals surface area contributed by atoms with E-state index < -0.39 is 9.76 Å². The molecule has 0 saturated heterocycles. The lowest BCUT2D eigenvalue weighted by Gasteiger charge is -2.26. The van der Waals surface area contributed by atoms with Gasteiger partial charge in [-0.25, -0.2) is 0 Å². The molecular formula is C10H23NOSi. The maximum Gasteiger partial charge on any atom is 0.182 e. The summed E-state index contributed by atoms with van der Waals surface area (Å²) in [7, 11) is -0.638. The Morgan fingerprint density at radius 1 is 1.23 bits per heavy atom. The Morgan fingerprint density at radius 2 is 1.69 bits per heavy atom. The van der Waals surface area contributed by atoms with Crippen LogP contribution in [0.3, 0.4) is 0 Å². The van der Waals surface area contributed by atoms with Crippen LogP contribution >= 0.6 is 0 Å². The zero-order chi connectivity index (χ0) is 10.4. The van der Waals surface area contributed by atoms with Crippen molar-refractivity contribution in [3.8, 4) is 0 Å². The molecule has 0 spiro atoms. The van der Waals surface area contributed by atoms with Gasteiger partial charge >= 0.3 is 0 Å². The minimum Gasteiger partial charge on any atom is -0.419 e. The summed E-state index contributed by atoms with van der Waals surface area (Å²) in [5.41, 5.74) is 5.84. The molecule has 0 saturated carbocycles. The van der Waals surface area contributed by atoms with Gasteiger partial charge in [-0.1, -0.05) is 33.8 Å². The summed E-state index contributed by atoms with van der Waals surface area (Å²) in [6.45, 7) is 12.4. The average molecular weight is 201 g/mol. The van der Waals surface area contributed by atoms with Crippen LogP contribution in [-0.2, 0) is 4.43 Å². The van der Waals surface area contributed by atoms with Crippen molar-refractivity contribution < 1.29 is 4.43 Å². The normalized spacial score (nSPS) is 15.1. The van der Waals surface area contributed by atoms with Gasteiger partial charge < -0.3 is 10.2 Å². The molecule has 0 aliphatic carbocycles. The Balaban J connectivity index is 3.89. The molecule has 3 heteroatoms. The molecule has 0 amide bonds. The zero-order valence-electron chi connectivity index (χ0n) is 9.29. The summed E-state index contributed by atoms with van der Waals surface area (Å²) in [4.78, 5) is 0. The van der Waals surface area contributed by atoms with Gasteiger partial charge in [0.2, 0.25) is 0 Å². The average Bonchev–Trinajstić information content (AvgIpc) is 2.03. The molecule has 0 aromatic rings. The monoisotopic (exact) mass is 201 g/mol. The Bertz CT molecular complexity index is 140. The molecule has 0 aromatic heterocycles. The molecule has 13 heavy (non-hydrogen) atoms. The van der Waals surface area contributed by atoms with Gasteiger partial charge in [-0.05, 0) is 11.8 Å². The summed E-state index contributed by atoms with van der Waals surface area (Å²) in [6, 6.07) is 0. The molecule has 0 rings (SSSR count). The van der Waals surface area contributed by atoms with E-state index in [-0.39, 0.29) is 5.67 Å². The first-order valence-corrected chi connectivity index (χ1v) is 6.38. The van der Waals surface area contributed by atoms with Gasteiger partial charge in [0.25, 0.3) is 0 Å². The third-order valence-electron chi connectivity index (χ3n) is 2.10. The smallest absolute Gasteiger partial charge is 0.182 e. The van der Waals surface area contributed by atoms with E-state index in [0.29, 0.717) is 17.9 Å². The zero-order valence-corrected chi connectivity index (χ0v) is 10.7. The SMILES string of the molecule is C=CC(N)[SiH2]OC(C(C)C)C(C)C. The van der Waals surface area contributed by atoms with Gasteiger partial charge in [0.1, 0.15) is 0 Å². The molecule has 1 unspecified atom stereocenters. The molecule has 0 bridgehead atoms. The van der Waals surface area contributed by atoms with Crippen molar-refractivity contribution in [2.75, 3.05) is 0 Å². The van der Waals surface area contributed by atoms with E-state index in [4.69, 9.17) is 10.2 Å². The van der Waals surface area contributed by atoms with Crippen LogP contribution < -0.4 is 5.73 Å². The summed E-state index contributed by atoms with van der Waals surface area (Å²) < 4.78 is 5.86. The second-order valence-corrected chi connectivity index (χ2v) is 5.80. The van der Waals surface area contributed by atoms with Crippen molar-refractivity contribution in [1.29, 1.82) is 0 Å². The van der Waals surface area contributed by atoms with E-state index in [0.717, 1.165) is 0 Å². The summed E-state index contributed by atoms with van der Waals surface area (Å²) in [5, 5.41) is 0. The lowest BCUT2D eigenvalue weighted by Crippen LogP contribution is -2.34. The molecule has 1 atom stereocenters. The van der Waals surface area contributed by atoms with Crippen molar-refractivity contribution in [3.63, 3.8) is 0 Å². The fourth-order valence-corrected chi connectivity index (χ4v) is 2.80. The van der Waals surface area contributed by atoms with Gasteiger partial charge in [-0.3, -0.25) is 0 Å². The fraction of sp³-hybridized carbons (Fsp3) is 0.800. The molecule has 0 aliphatic rings. The highest BCUT2D eigenvalue weighted by atomic mass is 28.2. The van der Waals surface area contributed by atoms with Gasteiger partial charge in [0.15, 0.2) is 9.76 Å². The van der Waals surface area contributed by atoms with Crippen LogP contribution in [0.4, 0.5) is 0 Å². The molecule has 0 radical (unpaired) electrons. The molecule has 78 valence electrons. The number of hydrogen-bond acceptors (Lipinski definition) is 2. The van der Waals surface area contributed by atoms with Crippen molar-refractivity contribution in [3.05, 3.63) is 12.7 Å². The van der Waals surface area contributed by atoms with Crippen molar-refractivity contribution >= 4 is 9.76 Å².